The van der Waals surface area contributed by atoms with Crippen LogP contribution in [-0.2, 0) is 19.2 Å². The lowest BCUT2D eigenvalue weighted by atomic mass is 9.79. The average Bonchev–Trinajstić information content (AvgIpc) is 2.76. The lowest BCUT2D eigenvalue weighted by Crippen LogP contribution is -2.48. The largest absolute Gasteiger partial charge is 0.321 e. The van der Waals surface area contributed by atoms with Crippen molar-refractivity contribution in [2.45, 2.75) is 84.1 Å². The van der Waals surface area contributed by atoms with E-state index in [2.05, 4.69) is 0 Å². The summed E-state index contributed by atoms with van der Waals surface area (Å²) in [6, 6.07) is -0.614. The van der Waals surface area contributed by atoms with Crippen LogP contribution < -0.4 is 5.73 Å². The Bertz CT molecular complexity index is 586. The summed E-state index contributed by atoms with van der Waals surface area (Å²) in [7, 11) is 0. The van der Waals surface area contributed by atoms with Crippen molar-refractivity contribution >= 4 is 35.1 Å². The lowest BCUT2D eigenvalue weighted by molar-refractivity contribution is -0.145. The van der Waals surface area contributed by atoms with E-state index in [1.807, 2.05) is 27.7 Å². The van der Waals surface area contributed by atoms with Crippen LogP contribution in [0.25, 0.3) is 0 Å². The molecular formula is C19H32N2O4S. The van der Waals surface area contributed by atoms with Gasteiger partial charge in [0.25, 0.3) is 0 Å². The van der Waals surface area contributed by atoms with E-state index in [0.29, 0.717) is 18.6 Å². The second-order valence-corrected chi connectivity index (χ2v) is 9.90. The molecule has 1 heterocycles. The number of hydrogen-bond donors (Lipinski definition) is 1. The van der Waals surface area contributed by atoms with Crippen molar-refractivity contribution in [1.29, 1.82) is 0 Å². The van der Waals surface area contributed by atoms with E-state index in [0.717, 1.165) is 6.42 Å². The Morgan fingerprint density at radius 1 is 1.19 bits per heavy atom. The summed E-state index contributed by atoms with van der Waals surface area (Å²) in [5.41, 5.74) is 4.94. The van der Waals surface area contributed by atoms with Gasteiger partial charge in [0.2, 0.25) is 11.8 Å². The summed E-state index contributed by atoms with van der Waals surface area (Å²) in [5.74, 6) is -0.0409. The Hall–Kier alpha value is -1.21. The summed E-state index contributed by atoms with van der Waals surface area (Å²) >= 11 is 1.28. The van der Waals surface area contributed by atoms with Crippen molar-refractivity contribution in [3.63, 3.8) is 0 Å². The van der Waals surface area contributed by atoms with Gasteiger partial charge in [-0.3, -0.25) is 19.3 Å². The van der Waals surface area contributed by atoms with Crippen LogP contribution in [0.4, 0.5) is 0 Å². The molecule has 6 nitrogen and oxygen atoms in total. The van der Waals surface area contributed by atoms with Crippen molar-refractivity contribution in [2.75, 3.05) is 5.75 Å². The highest BCUT2D eigenvalue weighted by molar-refractivity contribution is 8.00. The Morgan fingerprint density at radius 2 is 1.77 bits per heavy atom. The minimum absolute atomic E-state index is 0.126. The number of Topliss-reactive ketones (excluding diaryl/α,β-unsaturated/α-hetero) is 2. The van der Waals surface area contributed by atoms with Crippen LogP contribution in [0, 0.1) is 5.41 Å². The highest BCUT2D eigenvalue weighted by Gasteiger charge is 2.46. The molecule has 148 valence electrons. The first kappa shape index (κ1) is 22.8. The molecule has 0 aromatic carbocycles. The van der Waals surface area contributed by atoms with E-state index >= 15 is 0 Å². The molecule has 0 spiro atoms. The van der Waals surface area contributed by atoms with Gasteiger partial charge in [-0.2, -0.15) is 0 Å². The zero-order valence-corrected chi connectivity index (χ0v) is 17.6. The van der Waals surface area contributed by atoms with E-state index < -0.39 is 16.8 Å². The van der Waals surface area contributed by atoms with Crippen LogP contribution in [0.1, 0.15) is 67.2 Å². The molecule has 0 aliphatic carbocycles. The number of thioether (sulfide) groups is 1. The number of rotatable bonds is 10. The Balaban J connectivity index is 2.74. The maximum absolute atomic E-state index is 12.8. The predicted octanol–water partition coefficient (Wildman–Crippen LogP) is 2.33. The van der Waals surface area contributed by atoms with E-state index in [9.17, 15) is 19.2 Å². The summed E-state index contributed by atoms with van der Waals surface area (Å²) in [6.07, 6.45) is 2.00. The third-order valence-electron chi connectivity index (χ3n) is 4.85. The predicted molar refractivity (Wildman–Crippen MR) is 104 cm³/mol. The van der Waals surface area contributed by atoms with Gasteiger partial charge in [0.15, 0.2) is 0 Å². The van der Waals surface area contributed by atoms with Crippen molar-refractivity contribution in [3.8, 4) is 0 Å². The molecule has 1 saturated heterocycles. The molecule has 1 rings (SSSR count). The third-order valence-corrected chi connectivity index (χ3v) is 6.17. The number of carbonyl (C=O) groups is 4. The van der Waals surface area contributed by atoms with Crippen molar-refractivity contribution < 1.29 is 19.2 Å². The number of carbonyl (C=O) groups excluding carboxylic acids is 4. The zero-order chi connectivity index (χ0) is 20.3. The fourth-order valence-electron chi connectivity index (χ4n) is 3.23. The molecular weight excluding hydrogens is 352 g/mol. The van der Waals surface area contributed by atoms with Crippen LogP contribution in [-0.4, -0.2) is 50.9 Å². The molecule has 1 aliphatic heterocycles. The maximum Gasteiger partial charge on any atom is 0.243 e. The molecule has 0 radical (unpaired) electrons. The van der Waals surface area contributed by atoms with Gasteiger partial charge in [-0.1, -0.05) is 13.8 Å². The lowest BCUT2D eigenvalue weighted by Gasteiger charge is -2.37. The van der Waals surface area contributed by atoms with Gasteiger partial charge in [0.1, 0.15) is 11.6 Å². The molecule has 2 amide bonds. The van der Waals surface area contributed by atoms with Gasteiger partial charge in [0.05, 0.1) is 11.3 Å². The summed E-state index contributed by atoms with van der Waals surface area (Å²) in [6.45, 7) is 10.8. The van der Waals surface area contributed by atoms with Crippen LogP contribution >= 0.6 is 11.8 Å². The van der Waals surface area contributed by atoms with Gasteiger partial charge in [-0.25, -0.2) is 0 Å². The molecule has 1 aliphatic rings. The third kappa shape index (κ3) is 6.20. The van der Waals surface area contributed by atoms with Gasteiger partial charge >= 0.3 is 0 Å². The standard InChI is InChI=1S/C19H32N2O4S/c1-12(22)10-18(3,4)7-8-19(5,6)21-16(24)9-15(17(21)25)26-11-14(20)13(2)23/h14-15H,7-11,20H2,1-6H3. The molecule has 0 aromatic rings. The van der Waals surface area contributed by atoms with Gasteiger partial charge in [0, 0.05) is 24.1 Å². The smallest absolute Gasteiger partial charge is 0.243 e. The van der Waals surface area contributed by atoms with Crippen molar-refractivity contribution in [1.82, 2.24) is 4.90 Å². The fraction of sp³-hybridized carbons (Fsp3) is 0.789. The monoisotopic (exact) mass is 384 g/mol. The number of likely N-dealkylation sites (tertiary alicyclic amines) is 1. The summed E-state index contributed by atoms with van der Waals surface area (Å²) < 4.78 is 0. The number of nitrogens with two attached hydrogens (primary N) is 1. The molecule has 0 saturated carbocycles. The molecule has 0 aromatic heterocycles. The van der Waals surface area contributed by atoms with Crippen molar-refractivity contribution in [2.24, 2.45) is 11.1 Å². The van der Waals surface area contributed by atoms with Crippen LogP contribution in [0.2, 0.25) is 0 Å². The molecule has 26 heavy (non-hydrogen) atoms. The number of hydrogen-bond acceptors (Lipinski definition) is 6. The maximum atomic E-state index is 12.8. The number of amides is 2. The number of nitrogens with zero attached hydrogens (tertiary/aromatic N) is 1. The highest BCUT2D eigenvalue weighted by atomic mass is 32.2. The quantitative estimate of drug-likeness (QED) is 0.581. The van der Waals surface area contributed by atoms with Crippen LogP contribution in [0.15, 0.2) is 0 Å². The topological polar surface area (TPSA) is 97.5 Å². The summed E-state index contributed by atoms with van der Waals surface area (Å²) in [4.78, 5) is 49.2. The van der Waals surface area contributed by atoms with E-state index in [1.165, 1.54) is 23.6 Å². The van der Waals surface area contributed by atoms with E-state index in [-0.39, 0.29) is 35.2 Å². The Morgan fingerprint density at radius 3 is 2.27 bits per heavy atom. The first-order valence-corrected chi connectivity index (χ1v) is 10.1. The molecule has 2 atom stereocenters. The fourth-order valence-corrected chi connectivity index (χ4v) is 4.41. The number of ketones is 2. The normalized spacial score (nSPS) is 19.8. The summed E-state index contributed by atoms with van der Waals surface area (Å²) in [5, 5.41) is -0.475. The molecule has 0 bridgehead atoms. The Kier molecular flexibility index (Phi) is 7.60. The van der Waals surface area contributed by atoms with Crippen LogP contribution in [0.5, 0.6) is 0 Å². The Labute approximate surface area is 160 Å². The zero-order valence-electron chi connectivity index (χ0n) is 16.8. The average molecular weight is 385 g/mol. The molecule has 1 fully saturated rings. The molecule has 2 unspecified atom stereocenters. The van der Waals surface area contributed by atoms with Crippen LogP contribution in [0.3, 0.4) is 0 Å². The van der Waals surface area contributed by atoms with Crippen molar-refractivity contribution in [3.05, 3.63) is 0 Å². The van der Waals surface area contributed by atoms with Gasteiger partial charge in [-0.05, 0) is 46.0 Å². The SMILES string of the molecule is CC(=O)CC(C)(C)CCC(C)(C)N1C(=O)CC(SCC(N)C(C)=O)C1=O. The minimum atomic E-state index is -0.614. The van der Waals surface area contributed by atoms with E-state index in [4.69, 9.17) is 5.73 Å². The van der Waals surface area contributed by atoms with E-state index in [1.54, 1.807) is 6.92 Å². The first-order chi connectivity index (χ1) is 11.8. The second-order valence-electron chi connectivity index (χ2n) is 8.67. The number of imide groups is 1. The van der Waals surface area contributed by atoms with Gasteiger partial charge < -0.3 is 10.5 Å². The minimum Gasteiger partial charge on any atom is -0.321 e. The first-order valence-electron chi connectivity index (χ1n) is 9.01. The second kappa shape index (κ2) is 8.65. The molecule has 7 heteroatoms. The van der Waals surface area contributed by atoms with Gasteiger partial charge in [-0.15, -0.1) is 11.8 Å². The highest BCUT2D eigenvalue weighted by Crippen LogP contribution is 2.36. The molecule has 2 N–H and O–H groups in total.